The molecule has 5 N–H and O–H groups in total. The summed E-state index contributed by atoms with van der Waals surface area (Å²) in [6.07, 6.45) is 8.16. The van der Waals surface area contributed by atoms with Crippen LogP contribution in [0.15, 0.2) is 189 Å². The predicted molar refractivity (Wildman–Crippen MR) is 269 cm³/mol. The molecule has 2 aromatic heterocycles. The van der Waals surface area contributed by atoms with Crippen molar-refractivity contribution in [1.29, 1.82) is 0 Å². The van der Waals surface area contributed by atoms with Gasteiger partial charge in [0.05, 0.1) is 22.4 Å². The van der Waals surface area contributed by atoms with Crippen LogP contribution in [0, 0.1) is 0 Å². The van der Waals surface area contributed by atoms with Crippen LogP contribution in [0.2, 0.25) is 0 Å². The lowest BCUT2D eigenvalue weighted by atomic mass is 9.98. The number of nitrogens with one attached hydrogen (secondary N) is 3. The molecule has 7 aromatic carbocycles. The Morgan fingerprint density at radius 3 is 1.43 bits per heavy atom. The summed E-state index contributed by atoms with van der Waals surface area (Å²) in [6, 6.07) is 57.4. The number of benzene rings is 7. The van der Waals surface area contributed by atoms with Crippen molar-refractivity contribution in [1.82, 2.24) is 20.4 Å². The smallest absolute Gasteiger partial charge is 0.255 e. The van der Waals surface area contributed by atoms with E-state index < -0.39 is 0 Å². The molecule has 7 nitrogen and oxygen atoms in total. The Kier molecular flexibility index (Phi) is 15.0. The quantitative estimate of drug-likeness (QED) is 0.103. The summed E-state index contributed by atoms with van der Waals surface area (Å²) < 4.78 is 0. The number of rotatable bonds is 10. The minimum Gasteiger partial charge on any atom is -0.399 e. The van der Waals surface area contributed by atoms with Crippen molar-refractivity contribution in [2.45, 2.75) is 21.3 Å². The fraction of sp³-hybridized carbons (Fsp3) is 0.0536. The van der Waals surface area contributed by atoms with Gasteiger partial charge in [0.1, 0.15) is 0 Å². The first kappa shape index (κ1) is 44.3. The Labute approximate surface area is 370 Å². The third-order valence-corrected chi connectivity index (χ3v) is 10.1. The molecule has 0 bridgehead atoms. The number of aromatic nitrogens is 4. The normalized spacial score (nSPS) is 10.7. The highest BCUT2D eigenvalue weighted by molar-refractivity contribution is 6.04. The van der Waals surface area contributed by atoms with Gasteiger partial charge in [0, 0.05) is 27.7 Å². The van der Waals surface area contributed by atoms with Crippen LogP contribution in [0.4, 0.5) is 11.4 Å². The highest BCUT2D eigenvalue weighted by Gasteiger charge is 2.11. The highest BCUT2D eigenvalue weighted by atomic mass is 16.1. The number of aromatic amines is 2. The summed E-state index contributed by atoms with van der Waals surface area (Å²) in [5.41, 5.74) is 19.8. The van der Waals surface area contributed by atoms with Gasteiger partial charge in [0.15, 0.2) is 0 Å². The first-order chi connectivity index (χ1) is 30.4. The van der Waals surface area contributed by atoms with Gasteiger partial charge in [-0.1, -0.05) is 162 Å². The lowest BCUT2D eigenvalue weighted by Crippen LogP contribution is -2.11. The van der Waals surface area contributed by atoms with Crippen LogP contribution in [0.5, 0.6) is 0 Å². The van der Waals surface area contributed by atoms with E-state index in [0.29, 0.717) is 5.56 Å². The monoisotopic (exact) mass is 824 g/mol. The average molecular weight is 825 g/mol. The Bertz CT molecular complexity index is 3010. The van der Waals surface area contributed by atoms with Gasteiger partial charge < -0.3 is 11.1 Å². The van der Waals surface area contributed by atoms with E-state index in [9.17, 15) is 4.79 Å². The molecule has 0 fully saturated rings. The van der Waals surface area contributed by atoms with Crippen molar-refractivity contribution in [2.75, 3.05) is 11.1 Å². The van der Waals surface area contributed by atoms with E-state index in [0.717, 1.165) is 89.1 Å². The number of nitrogens with zero attached hydrogens (tertiary/aromatic N) is 2. The second kappa shape index (κ2) is 21.3. The molecule has 7 heteroatoms. The van der Waals surface area contributed by atoms with E-state index in [1.807, 2.05) is 129 Å². The van der Waals surface area contributed by atoms with Gasteiger partial charge >= 0.3 is 0 Å². The maximum absolute atomic E-state index is 12.5. The SMILES string of the molecule is C.C=C(c1cccc(N)c1)c1ccc2c(/C=C/c3ccccc3)n[nH]c2c1.C=C(c1cccc(NC(=O)c2ccccc2)c1)c1ccc2c(/C=C/c3ccccc3)n[nH]c2c1.CC. The van der Waals surface area contributed by atoms with Gasteiger partial charge in [-0.2, -0.15) is 10.2 Å². The summed E-state index contributed by atoms with van der Waals surface area (Å²) in [4.78, 5) is 12.5. The average Bonchev–Trinajstić information content (AvgIpc) is 3.94. The highest BCUT2D eigenvalue weighted by Crippen LogP contribution is 2.29. The summed E-state index contributed by atoms with van der Waals surface area (Å²) in [7, 11) is 0. The molecule has 0 aliphatic heterocycles. The van der Waals surface area contributed by atoms with Crippen LogP contribution < -0.4 is 11.1 Å². The summed E-state index contributed by atoms with van der Waals surface area (Å²) in [5.74, 6) is -0.140. The lowest BCUT2D eigenvalue weighted by Gasteiger charge is -2.10. The van der Waals surface area contributed by atoms with Crippen LogP contribution in [0.3, 0.4) is 0 Å². The molecule has 0 spiro atoms. The Balaban J connectivity index is 0.000000205. The van der Waals surface area contributed by atoms with Crippen molar-refractivity contribution in [3.63, 3.8) is 0 Å². The molecule has 0 radical (unpaired) electrons. The molecule has 63 heavy (non-hydrogen) atoms. The van der Waals surface area contributed by atoms with Crippen LogP contribution in [0.1, 0.15) is 76.4 Å². The second-order valence-corrected chi connectivity index (χ2v) is 14.2. The molecule has 0 atom stereocenters. The van der Waals surface area contributed by atoms with Gasteiger partial charge in [-0.05, 0) is 117 Å². The maximum Gasteiger partial charge on any atom is 0.255 e. The molecule has 1 amide bonds. The van der Waals surface area contributed by atoms with Crippen LogP contribution in [-0.4, -0.2) is 26.3 Å². The van der Waals surface area contributed by atoms with E-state index in [1.165, 1.54) is 0 Å². The molecule has 2 heterocycles. The molecular weight excluding hydrogens is 773 g/mol. The van der Waals surface area contributed by atoms with Crippen LogP contribution >= 0.6 is 0 Å². The van der Waals surface area contributed by atoms with E-state index in [-0.39, 0.29) is 13.3 Å². The number of carbonyl (C=O) groups is 1. The number of H-pyrrole nitrogens is 2. The van der Waals surface area contributed by atoms with E-state index in [2.05, 4.69) is 112 Å². The van der Waals surface area contributed by atoms with Crippen molar-refractivity contribution < 1.29 is 4.79 Å². The van der Waals surface area contributed by atoms with Crippen molar-refractivity contribution in [3.8, 4) is 0 Å². The molecular formula is C56H52N6O. The van der Waals surface area contributed by atoms with E-state index >= 15 is 0 Å². The number of anilines is 2. The fourth-order valence-corrected chi connectivity index (χ4v) is 6.83. The Hall–Kier alpha value is -8.29. The van der Waals surface area contributed by atoms with Crippen LogP contribution in [0.25, 0.3) is 57.3 Å². The number of fused-ring (bicyclic) bond motifs is 2. The molecule has 0 aliphatic rings. The standard InChI is InChI=1S/C30H23N3O.C23H19N3.C2H6.CH4/c1-21(24-13-8-14-26(19-24)31-30(34)23-11-6-3-7-12-23)25-16-17-27-28(32-33-29(27)20-25)18-15-22-9-4-2-5-10-22;1-16(18-8-5-9-20(24)14-18)19-11-12-21-22(25-26-23(21)15-19)13-10-17-6-3-2-4-7-17;1-2;/h2-20H,1H2,(H,31,34)(H,32,33);2-15H,1,24H2,(H,25,26);1-2H3;1H4/b18-15+;13-10+;;. The zero-order valence-electron chi connectivity index (χ0n) is 34.8. The summed E-state index contributed by atoms with van der Waals surface area (Å²) in [6.45, 7) is 12.5. The molecule has 0 aliphatic carbocycles. The fourth-order valence-electron chi connectivity index (χ4n) is 6.83. The zero-order valence-corrected chi connectivity index (χ0v) is 34.8. The molecule has 0 unspecified atom stereocenters. The van der Waals surface area contributed by atoms with E-state index in [1.54, 1.807) is 12.1 Å². The number of hydrogen-bond donors (Lipinski definition) is 4. The first-order valence-electron chi connectivity index (χ1n) is 20.5. The molecule has 9 rings (SSSR count). The predicted octanol–water partition coefficient (Wildman–Crippen LogP) is 14.1. The van der Waals surface area contributed by atoms with Crippen molar-refractivity contribution in [2.24, 2.45) is 0 Å². The molecule has 312 valence electrons. The van der Waals surface area contributed by atoms with Gasteiger partial charge in [0.2, 0.25) is 0 Å². The van der Waals surface area contributed by atoms with Gasteiger partial charge in [-0.3, -0.25) is 15.0 Å². The summed E-state index contributed by atoms with van der Waals surface area (Å²) in [5, 5.41) is 20.2. The Morgan fingerprint density at radius 2 is 0.937 bits per heavy atom. The van der Waals surface area contributed by atoms with Crippen LogP contribution in [-0.2, 0) is 0 Å². The summed E-state index contributed by atoms with van der Waals surface area (Å²) >= 11 is 0. The topological polar surface area (TPSA) is 112 Å². The Morgan fingerprint density at radius 1 is 0.508 bits per heavy atom. The van der Waals surface area contributed by atoms with E-state index in [4.69, 9.17) is 5.73 Å². The zero-order chi connectivity index (χ0) is 43.3. The molecule has 0 saturated carbocycles. The van der Waals surface area contributed by atoms with Crippen molar-refractivity contribution in [3.05, 3.63) is 239 Å². The third-order valence-electron chi connectivity index (χ3n) is 10.1. The van der Waals surface area contributed by atoms with Crippen molar-refractivity contribution >= 4 is 74.5 Å². The maximum atomic E-state index is 12.5. The second-order valence-electron chi connectivity index (χ2n) is 14.2. The lowest BCUT2D eigenvalue weighted by molar-refractivity contribution is 0.102. The molecule has 9 aromatic rings. The molecule has 0 saturated heterocycles. The number of nitrogen functional groups attached to an aromatic ring is 1. The minimum atomic E-state index is -0.140. The minimum absolute atomic E-state index is 0. The third kappa shape index (κ3) is 11.1. The van der Waals surface area contributed by atoms with Gasteiger partial charge in [0.25, 0.3) is 5.91 Å². The number of nitrogens with two attached hydrogens (primary N) is 1. The largest absolute Gasteiger partial charge is 0.399 e. The van der Waals surface area contributed by atoms with Gasteiger partial charge in [-0.25, -0.2) is 0 Å². The number of hydrogen-bond acceptors (Lipinski definition) is 4. The number of carbonyl (C=O) groups excluding carboxylic acids is 1. The number of amides is 1. The first-order valence-corrected chi connectivity index (χ1v) is 20.5. The van der Waals surface area contributed by atoms with Gasteiger partial charge in [-0.15, -0.1) is 0 Å².